The predicted molar refractivity (Wildman–Crippen MR) is 293 cm³/mol. The van der Waals surface area contributed by atoms with Gasteiger partial charge in [0.2, 0.25) is 5.91 Å². The number of aliphatic hydroxyl groups excluding tert-OH is 1. The molecular formula is C59H119N2O6P. The summed E-state index contributed by atoms with van der Waals surface area (Å²) in [5, 5.41) is 13.7. The number of phosphoric ester groups is 1. The van der Waals surface area contributed by atoms with E-state index in [9.17, 15) is 19.4 Å². The van der Waals surface area contributed by atoms with Crippen molar-refractivity contribution in [1.29, 1.82) is 0 Å². The molecule has 1 amide bonds. The van der Waals surface area contributed by atoms with E-state index in [1.807, 2.05) is 27.2 Å². The normalized spacial score (nSPS) is 13.9. The van der Waals surface area contributed by atoms with E-state index in [4.69, 9.17) is 9.05 Å². The molecule has 0 aliphatic heterocycles. The maximum Gasteiger partial charge on any atom is 0.268 e. The van der Waals surface area contributed by atoms with Crippen molar-refractivity contribution in [3.63, 3.8) is 0 Å². The Labute approximate surface area is 424 Å². The fourth-order valence-electron chi connectivity index (χ4n) is 9.27. The number of quaternary nitrogens is 1. The lowest BCUT2D eigenvalue weighted by molar-refractivity contribution is -0.870. The van der Waals surface area contributed by atoms with Crippen LogP contribution in [0.4, 0.5) is 0 Å². The Hall–Kier alpha value is -0.760. The van der Waals surface area contributed by atoms with Crippen molar-refractivity contribution in [1.82, 2.24) is 5.32 Å². The molecule has 0 radical (unpaired) electrons. The SMILES string of the molecule is CCCCCCCC/C=C/C(O)C(COP(=O)([O-])OCC[N+](C)(C)C)NC(=O)CCCCCCCCCCCCCCCCCCCCCCCCCCCCCCCCCCCCCCCC. The van der Waals surface area contributed by atoms with E-state index in [1.54, 1.807) is 6.08 Å². The van der Waals surface area contributed by atoms with E-state index < -0.39 is 20.0 Å². The third-order valence-electron chi connectivity index (χ3n) is 14.0. The molecule has 0 aromatic heterocycles. The van der Waals surface area contributed by atoms with Crippen LogP contribution in [-0.4, -0.2) is 68.5 Å². The smallest absolute Gasteiger partial charge is 0.268 e. The van der Waals surface area contributed by atoms with Crippen LogP contribution >= 0.6 is 7.82 Å². The molecule has 9 heteroatoms. The van der Waals surface area contributed by atoms with Crippen LogP contribution in [0.2, 0.25) is 0 Å². The van der Waals surface area contributed by atoms with E-state index in [1.165, 1.54) is 250 Å². The summed E-state index contributed by atoms with van der Waals surface area (Å²) in [6.07, 6.45) is 63.6. The van der Waals surface area contributed by atoms with Gasteiger partial charge < -0.3 is 28.8 Å². The van der Waals surface area contributed by atoms with Gasteiger partial charge in [-0.1, -0.05) is 296 Å². The maximum atomic E-state index is 12.9. The Bertz CT molecular complexity index is 1120. The Morgan fingerprint density at radius 1 is 0.500 bits per heavy atom. The minimum Gasteiger partial charge on any atom is -0.756 e. The van der Waals surface area contributed by atoms with E-state index in [0.29, 0.717) is 17.4 Å². The van der Waals surface area contributed by atoms with Gasteiger partial charge in [0.25, 0.3) is 7.82 Å². The van der Waals surface area contributed by atoms with E-state index >= 15 is 0 Å². The second-order valence-corrected chi connectivity index (χ2v) is 23.5. The second kappa shape index (κ2) is 51.2. The van der Waals surface area contributed by atoms with Gasteiger partial charge in [0, 0.05) is 6.42 Å². The first-order chi connectivity index (χ1) is 33.0. The highest BCUT2D eigenvalue weighted by Crippen LogP contribution is 2.38. The van der Waals surface area contributed by atoms with Crippen molar-refractivity contribution in [2.45, 2.75) is 321 Å². The average Bonchev–Trinajstić information content (AvgIpc) is 3.30. The van der Waals surface area contributed by atoms with Crippen LogP contribution in [0.1, 0.15) is 309 Å². The zero-order chi connectivity index (χ0) is 49.9. The third kappa shape index (κ3) is 53.0. The standard InChI is InChI=1S/C59H119N2O6P/c1-6-8-10-12-14-16-17-18-19-20-21-22-23-24-25-26-27-28-29-30-31-32-33-34-35-36-37-38-39-40-41-42-43-44-45-47-49-51-53-59(63)60-57(56-67-68(64,65)66-55-54-61(3,4)5)58(62)52-50-48-46-15-13-11-9-7-2/h50,52,57-58,62H,6-49,51,53-56H2,1-5H3,(H-,60,63,64,65)/b52-50+. The number of allylic oxidation sites excluding steroid dienone is 1. The number of nitrogens with one attached hydrogen (secondary N) is 1. The molecule has 0 heterocycles. The van der Waals surface area contributed by atoms with Crippen molar-refractivity contribution in [2.75, 3.05) is 40.9 Å². The summed E-state index contributed by atoms with van der Waals surface area (Å²) in [5.74, 6) is -0.194. The summed E-state index contributed by atoms with van der Waals surface area (Å²) in [7, 11) is 1.27. The number of carbonyl (C=O) groups excluding carboxylic acids is 1. The number of unbranched alkanes of at least 4 members (excludes halogenated alkanes) is 43. The molecule has 0 aliphatic carbocycles. The molecule has 0 saturated carbocycles. The highest BCUT2D eigenvalue weighted by Gasteiger charge is 2.23. The zero-order valence-electron chi connectivity index (χ0n) is 46.3. The van der Waals surface area contributed by atoms with Crippen molar-refractivity contribution in [3.8, 4) is 0 Å². The molecule has 0 rings (SSSR count). The van der Waals surface area contributed by atoms with Crippen LogP contribution in [0.25, 0.3) is 0 Å². The van der Waals surface area contributed by atoms with Crippen molar-refractivity contribution >= 4 is 13.7 Å². The summed E-state index contributed by atoms with van der Waals surface area (Å²) < 4.78 is 23.2. The van der Waals surface area contributed by atoms with Crippen molar-refractivity contribution in [3.05, 3.63) is 12.2 Å². The Kier molecular flexibility index (Phi) is 50.6. The summed E-state index contributed by atoms with van der Waals surface area (Å²) in [6, 6.07) is -0.879. The Morgan fingerprint density at radius 3 is 1.10 bits per heavy atom. The molecule has 0 aromatic carbocycles. The molecular weight excluding hydrogens is 864 g/mol. The van der Waals surface area contributed by atoms with E-state index in [-0.39, 0.29) is 19.1 Å². The number of amides is 1. The Balaban J connectivity index is 3.73. The number of carbonyl (C=O) groups is 1. The zero-order valence-corrected chi connectivity index (χ0v) is 47.2. The molecule has 406 valence electrons. The molecule has 0 fully saturated rings. The van der Waals surface area contributed by atoms with Gasteiger partial charge >= 0.3 is 0 Å². The highest BCUT2D eigenvalue weighted by molar-refractivity contribution is 7.45. The quantitative estimate of drug-likeness (QED) is 0.0272. The molecule has 0 spiro atoms. The molecule has 0 bridgehead atoms. The number of rotatable bonds is 56. The fraction of sp³-hybridized carbons (Fsp3) is 0.949. The van der Waals surface area contributed by atoms with Gasteiger partial charge in [0.1, 0.15) is 13.2 Å². The molecule has 3 atom stereocenters. The van der Waals surface area contributed by atoms with Crippen LogP contribution in [0.3, 0.4) is 0 Å². The van der Waals surface area contributed by atoms with E-state index in [0.717, 1.165) is 38.5 Å². The van der Waals surface area contributed by atoms with Gasteiger partial charge in [0.05, 0.1) is 39.9 Å². The minimum atomic E-state index is -4.58. The van der Waals surface area contributed by atoms with Crippen LogP contribution in [0, 0.1) is 0 Å². The lowest BCUT2D eigenvalue weighted by Crippen LogP contribution is -2.45. The highest BCUT2D eigenvalue weighted by atomic mass is 31.2. The van der Waals surface area contributed by atoms with Gasteiger partial charge in [0.15, 0.2) is 0 Å². The van der Waals surface area contributed by atoms with Gasteiger partial charge in [-0.25, -0.2) is 0 Å². The molecule has 0 aliphatic rings. The first kappa shape index (κ1) is 67.2. The van der Waals surface area contributed by atoms with Gasteiger partial charge in [-0.2, -0.15) is 0 Å². The summed E-state index contributed by atoms with van der Waals surface area (Å²) in [6.45, 7) is 4.64. The van der Waals surface area contributed by atoms with Crippen molar-refractivity contribution < 1.29 is 32.9 Å². The molecule has 2 N–H and O–H groups in total. The first-order valence-electron chi connectivity index (χ1n) is 30.1. The van der Waals surface area contributed by atoms with Crippen molar-refractivity contribution in [2.24, 2.45) is 0 Å². The molecule has 8 nitrogen and oxygen atoms in total. The average molecular weight is 984 g/mol. The molecule has 0 saturated heterocycles. The Morgan fingerprint density at radius 2 is 0.794 bits per heavy atom. The van der Waals surface area contributed by atoms with Crippen LogP contribution in [0.15, 0.2) is 12.2 Å². The monoisotopic (exact) mass is 983 g/mol. The largest absolute Gasteiger partial charge is 0.756 e. The van der Waals surface area contributed by atoms with Gasteiger partial charge in [-0.15, -0.1) is 0 Å². The van der Waals surface area contributed by atoms with Gasteiger partial charge in [-0.05, 0) is 19.3 Å². The lowest BCUT2D eigenvalue weighted by Gasteiger charge is -2.29. The number of nitrogens with zero attached hydrogens (tertiary/aromatic N) is 1. The molecule has 68 heavy (non-hydrogen) atoms. The molecule has 0 aromatic rings. The topological polar surface area (TPSA) is 108 Å². The van der Waals surface area contributed by atoms with Gasteiger partial charge in [-0.3, -0.25) is 9.36 Å². The van der Waals surface area contributed by atoms with Crippen LogP contribution in [-0.2, 0) is 18.4 Å². The molecule has 3 unspecified atom stereocenters. The summed E-state index contributed by atoms with van der Waals surface area (Å²) in [5.41, 5.74) is 0. The minimum absolute atomic E-state index is 0.00178. The number of phosphoric acid groups is 1. The summed E-state index contributed by atoms with van der Waals surface area (Å²) in [4.78, 5) is 25.3. The maximum absolute atomic E-state index is 12.9. The third-order valence-corrected chi connectivity index (χ3v) is 15.0. The number of aliphatic hydroxyl groups is 1. The predicted octanol–water partition coefficient (Wildman–Crippen LogP) is 17.6. The second-order valence-electron chi connectivity index (χ2n) is 22.1. The van der Waals surface area contributed by atoms with Crippen LogP contribution < -0.4 is 10.2 Å². The first-order valence-corrected chi connectivity index (χ1v) is 31.5. The lowest BCUT2D eigenvalue weighted by atomic mass is 10.0. The number of likely N-dealkylation sites (N-methyl/N-ethyl adjacent to an activating group) is 1. The number of hydrogen-bond donors (Lipinski definition) is 2. The summed E-state index contributed by atoms with van der Waals surface area (Å²) >= 11 is 0. The number of hydrogen-bond acceptors (Lipinski definition) is 6. The van der Waals surface area contributed by atoms with E-state index in [2.05, 4.69) is 19.2 Å². The van der Waals surface area contributed by atoms with Crippen LogP contribution in [0.5, 0.6) is 0 Å². The fourth-order valence-corrected chi connectivity index (χ4v) is 10.00.